The van der Waals surface area contributed by atoms with Crippen molar-refractivity contribution in [1.82, 2.24) is 15.1 Å². The van der Waals surface area contributed by atoms with Crippen molar-refractivity contribution >= 4 is 23.6 Å². The summed E-state index contributed by atoms with van der Waals surface area (Å²) in [6, 6.07) is 17.9. The van der Waals surface area contributed by atoms with Crippen LogP contribution in [0.5, 0.6) is 5.75 Å². The maximum atomic E-state index is 12.8. The molecule has 1 amide bonds. The molecule has 5 rings (SSSR count). The molecule has 31 heavy (non-hydrogen) atoms. The summed E-state index contributed by atoms with van der Waals surface area (Å²) in [5.74, 6) is 0.960. The number of nitrogens with one attached hydrogen (secondary N) is 1. The van der Waals surface area contributed by atoms with Gasteiger partial charge in [0.25, 0.3) is 5.91 Å². The predicted molar refractivity (Wildman–Crippen MR) is 119 cm³/mol. The lowest BCUT2D eigenvalue weighted by molar-refractivity contribution is -0.126. The third kappa shape index (κ3) is 4.18. The van der Waals surface area contributed by atoms with Crippen LogP contribution >= 0.6 is 0 Å². The van der Waals surface area contributed by atoms with E-state index in [4.69, 9.17) is 4.74 Å². The quantitative estimate of drug-likeness (QED) is 0.710. The maximum Gasteiger partial charge on any atom is 0.268 e. The molecule has 3 heterocycles. The number of benzene rings is 2. The second-order valence-electron chi connectivity index (χ2n) is 7.36. The second-order valence-corrected chi connectivity index (χ2v) is 7.36. The van der Waals surface area contributed by atoms with Gasteiger partial charge in [-0.05, 0) is 35.9 Å². The molecule has 0 spiro atoms. The lowest BCUT2D eigenvalue weighted by Crippen LogP contribution is -2.50. The van der Waals surface area contributed by atoms with Crippen molar-refractivity contribution in [2.75, 3.05) is 24.5 Å². The second kappa shape index (κ2) is 8.43. The highest BCUT2D eigenvalue weighted by molar-refractivity contribution is 6.33. The Morgan fingerprint density at radius 2 is 1.97 bits per heavy atom. The van der Waals surface area contributed by atoms with Gasteiger partial charge in [-0.1, -0.05) is 24.3 Å². The lowest BCUT2D eigenvalue weighted by Gasteiger charge is -2.35. The van der Waals surface area contributed by atoms with E-state index in [1.165, 1.54) is 0 Å². The highest BCUT2D eigenvalue weighted by Crippen LogP contribution is 2.34. The van der Waals surface area contributed by atoms with Gasteiger partial charge in [-0.3, -0.25) is 14.8 Å². The Hall–Kier alpha value is -3.94. The van der Waals surface area contributed by atoms with Crippen LogP contribution in [0.1, 0.15) is 5.56 Å². The van der Waals surface area contributed by atoms with Gasteiger partial charge in [0, 0.05) is 18.9 Å². The number of carbonyl (C=O) groups is 1. The standard InChI is InChI=1S/C23H22N6O2/c30-23(27-22-14-24-11-12-25-22)21-16-28(19-4-1-2-5-20(19)31-21)15-17-6-8-18(9-7-17)29-13-3-10-26-29/h1-10,13-14,21H,11-12,15-16H2,(H,25,27,30). The molecule has 0 fully saturated rings. The van der Waals surface area contributed by atoms with Crippen LogP contribution < -0.4 is 15.0 Å². The van der Waals surface area contributed by atoms with Crippen LogP contribution in [0.3, 0.4) is 0 Å². The number of carbonyl (C=O) groups excluding carboxylic acids is 1. The van der Waals surface area contributed by atoms with Gasteiger partial charge in [0.05, 0.1) is 37.2 Å². The van der Waals surface area contributed by atoms with Crippen molar-refractivity contribution in [2.45, 2.75) is 12.6 Å². The molecule has 1 atom stereocenters. The Bertz CT molecular complexity index is 1120. The number of fused-ring (bicyclic) bond motifs is 1. The first-order valence-corrected chi connectivity index (χ1v) is 10.2. The van der Waals surface area contributed by atoms with Crippen LogP contribution in [0, 0.1) is 0 Å². The number of amidine groups is 1. The third-order valence-electron chi connectivity index (χ3n) is 5.21. The molecule has 2 aromatic carbocycles. The Morgan fingerprint density at radius 1 is 1.10 bits per heavy atom. The van der Waals surface area contributed by atoms with Crippen molar-refractivity contribution in [2.24, 2.45) is 9.98 Å². The predicted octanol–water partition coefficient (Wildman–Crippen LogP) is 2.24. The van der Waals surface area contributed by atoms with Crippen LogP contribution in [0.25, 0.3) is 5.69 Å². The Labute approximate surface area is 179 Å². The van der Waals surface area contributed by atoms with E-state index in [0.717, 1.165) is 16.9 Å². The zero-order chi connectivity index (χ0) is 21.0. The Balaban J connectivity index is 1.34. The highest BCUT2D eigenvalue weighted by Gasteiger charge is 2.31. The zero-order valence-corrected chi connectivity index (χ0v) is 16.9. The average molecular weight is 414 g/mol. The molecule has 0 saturated heterocycles. The number of rotatable bonds is 4. The summed E-state index contributed by atoms with van der Waals surface area (Å²) in [6.07, 6.45) is 4.62. The summed E-state index contributed by atoms with van der Waals surface area (Å²) in [7, 11) is 0. The summed E-state index contributed by atoms with van der Waals surface area (Å²) in [6.45, 7) is 2.33. The van der Waals surface area contributed by atoms with Crippen molar-refractivity contribution in [3.05, 3.63) is 72.6 Å². The first-order valence-electron chi connectivity index (χ1n) is 10.2. The van der Waals surface area contributed by atoms with Gasteiger partial charge in [0.1, 0.15) is 11.6 Å². The summed E-state index contributed by atoms with van der Waals surface area (Å²) in [4.78, 5) is 23.4. The summed E-state index contributed by atoms with van der Waals surface area (Å²) in [5.41, 5.74) is 3.11. The van der Waals surface area contributed by atoms with Gasteiger partial charge in [0.15, 0.2) is 6.10 Å². The minimum atomic E-state index is -0.642. The highest BCUT2D eigenvalue weighted by atomic mass is 16.5. The van der Waals surface area contributed by atoms with E-state index in [1.54, 1.807) is 12.4 Å². The largest absolute Gasteiger partial charge is 0.477 e. The first-order chi connectivity index (χ1) is 15.3. The molecule has 0 aliphatic carbocycles. The number of hydrogen-bond donors (Lipinski definition) is 1. The Morgan fingerprint density at radius 3 is 2.74 bits per heavy atom. The van der Waals surface area contributed by atoms with Gasteiger partial charge in [-0.15, -0.1) is 0 Å². The number of aromatic nitrogens is 2. The van der Waals surface area contributed by atoms with Crippen LogP contribution in [0.15, 0.2) is 77.0 Å². The molecule has 8 nitrogen and oxygen atoms in total. The number of aliphatic imine (C=N–C) groups is 2. The summed E-state index contributed by atoms with van der Waals surface area (Å²) < 4.78 is 7.83. The maximum absolute atomic E-state index is 12.8. The van der Waals surface area contributed by atoms with Gasteiger partial charge in [0.2, 0.25) is 0 Å². The molecule has 2 aliphatic rings. The Kier molecular flexibility index (Phi) is 5.18. The summed E-state index contributed by atoms with van der Waals surface area (Å²) >= 11 is 0. The number of ether oxygens (including phenoxy) is 1. The molecule has 0 saturated carbocycles. The van der Waals surface area contributed by atoms with Gasteiger partial charge >= 0.3 is 0 Å². The van der Waals surface area contributed by atoms with E-state index < -0.39 is 6.10 Å². The molecule has 8 heteroatoms. The van der Waals surface area contributed by atoms with Gasteiger partial charge < -0.3 is 15.0 Å². The number of nitrogens with zero attached hydrogens (tertiary/aromatic N) is 5. The molecule has 0 bridgehead atoms. The van der Waals surface area contributed by atoms with E-state index in [9.17, 15) is 4.79 Å². The molecule has 1 unspecified atom stereocenters. The molecule has 2 aliphatic heterocycles. The average Bonchev–Trinajstić information content (AvgIpc) is 3.35. The molecular weight excluding hydrogens is 392 g/mol. The third-order valence-corrected chi connectivity index (χ3v) is 5.21. The van der Waals surface area contributed by atoms with E-state index in [0.29, 0.717) is 37.8 Å². The minimum absolute atomic E-state index is 0.222. The number of anilines is 1. The SMILES string of the molecule is O=C(NC1=NCCN=C1)C1CN(Cc2ccc(-n3cccn3)cc2)c2ccccc2O1. The van der Waals surface area contributed by atoms with Crippen molar-refractivity contribution < 1.29 is 9.53 Å². The fraction of sp³-hybridized carbons (Fsp3) is 0.217. The van der Waals surface area contributed by atoms with Crippen molar-refractivity contribution in [3.8, 4) is 11.4 Å². The lowest BCUT2D eigenvalue weighted by atomic mass is 10.1. The monoisotopic (exact) mass is 414 g/mol. The van der Waals surface area contributed by atoms with E-state index in [-0.39, 0.29) is 5.91 Å². The zero-order valence-electron chi connectivity index (χ0n) is 16.9. The fourth-order valence-electron chi connectivity index (χ4n) is 3.69. The van der Waals surface area contributed by atoms with Crippen LogP contribution in [-0.4, -0.2) is 53.5 Å². The van der Waals surface area contributed by atoms with Crippen LogP contribution in [0.2, 0.25) is 0 Å². The number of para-hydroxylation sites is 2. The molecule has 0 radical (unpaired) electrons. The molecule has 1 N–H and O–H groups in total. The number of amides is 1. The van der Waals surface area contributed by atoms with E-state index in [1.807, 2.05) is 53.3 Å². The minimum Gasteiger partial charge on any atom is -0.477 e. The normalized spacial score (nSPS) is 17.5. The smallest absolute Gasteiger partial charge is 0.268 e. The van der Waals surface area contributed by atoms with Crippen molar-refractivity contribution in [3.63, 3.8) is 0 Å². The fourth-order valence-corrected chi connectivity index (χ4v) is 3.69. The molecular formula is C23H22N6O2. The van der Waals surface area contributed by atoms with E-state index >= 15 is 0 Å². The summed E-state index contributed by atoms with van der Waals surface area (Å²) in [5, 5.41) is 7.09. The molecule has 3 aromatic rings. The molecule has 156 valence electrons. The molecule has 1 aromatic heterocycles. The number of hydrogen-bond acceptors (Lipinski definition) is 6. The van der Waals surface area contributed by atoms with E-state index in [2.05, 4.69) is 37.4 Å². The van der Waals surface area contributed by atoms with Crippen LogP contribution in [0.4, 0.5) is 5.69 Å². The van der Waals surface area contributed by atoms with Crippen molar-refractivity contribution in [1.29, 1.82) is 0 Å². The van der Waals surface area contributed by atoms with Crippen LogP contribution in [-0.2, 0) is 11.3 Å². The van der Waals surface area contributed by atoms with Gasteiger partial charge in [-0.25, -0.2) is 4.68 Å². The first kappa shape index (κ1) is 19.0. The van der Waals surface area contributed by atoms with Gasteiger partial charge in [-0.2, -0.15) is 5.10 Å². The topological polar surface area (TPSA) is 84.1 Å².